The number of halogens is 3. The van der Waals surface area contributed by atoms with Crippen molar-refractivity contribution in [3.63, 3.8) is 0 Å². The predicted octanol–water partition coefficient (Wildman–Crippen LogP) is 6.71. The molecule has 1 saturated carbocycles. The van der Waals surface area contributed by atoms with Crippen LogP contribution in [-0.4, -0.2) is 43.8 Å². The van der Waals surface area contributed by atoms with Crippen LogP contribution in [0.25, 0.3) is 0 Å². The molecule has 3 aromatic rings. The minimum Gasteiger partial charge on any atom is -0.352 e. The van der Waals surface area contributed by atoms with E-state index in [0.717, 1.165) is 30.0 Å². The second kappa shape index (κ2) is 13.9. The van der Waals surface area contributed by atoms with E-state index in [1.54, 1.807) is 48.5 Å². The Balaban J connectivity index is 1.70. The number of para-hydroxylation sites is 1. The molecule has 0 heterocycles. The summed E-state index contributed by atoms with van der Waals surface area (Å²) in [5, 5.41) is 4.16. The number of benzene rings is 3. The molecule has 2 amide bonds. The lowest BCUT2D eigenvalue weighted by atomic mass is 10.1. The van der Waals surface area contributed by atoms with Gasteiger partial charge in [-0.1, -0.05) is 78.8 Å². The molecular weight excluding hydrogens is 605 g/mol. The van der Waals surface area contributed by atoms with Crippen LogP contribution in [0.5, 0.6) is 0 Å². The molecule has 1 N–H and O–H groups in total. The van der Waals surface area contributed by atoms with E-state index in [4.69, 9.17) is 34.8 Å². The highest BCUT2D eigenvalue weighted by Crippen LogP contribution is 2.27. The van der Waals surface area contributed by atoms with Crippen molar-refractivity contribution in [1.82, 2.24) is 10.2 Å². The molecule has 0 bridgehead atoms. The number of sulfonamides is 1. The maximum atomic E-state index is 14.1. The summed E-state index contributed by atoms with van der Waals surface area (Å²) in [6.07, 6.45) is 4.21. The van der Waals surface area contributed by atoms with Crippen molar-refractivity contribution in [2.24, 2.45) is 0 Å². The Bertz CT molecular complexity index is 1460. The fourth-order valence-electron chi connectivity index (χ4n) is 4.98. The smallest absolute Gasteiger partial charge is 0.264 e. The summed E-state index contributed by atoms with van der Waals surface area (Å²) >= 11 is 18.4. The predicted molar refractivity (Wildman–Crippen MR) is 164 cm³/mol. The number of nitrogens with zero attached hydrogens (tertiary/aromatic N) is 2. The third-order valence-electron chi connectivity index (χ3n) is 7.15. The van der Waals surface area contributed by atoms with Gasteiger partial charge in [-0.3, -0.25) is 13.9 Å². The summed E-state index contributed by atoms with van der Waals surface area (Å²) in [7, 11) is -4.17. The Morgan fingerprint density at radius 2 is 1.59 bits per heavy atom. The highest BCUT2D eigenvalue weighted by molar-refractivity contribution is 7.92. The van der Waals surface area contributed by atoms with E-state index in [2.05, 4.69) is 5.32 Å². The van der Waals surface area contributed by atoms with Crippen molar-refractivity contribution in [1.29, 1.82) is 0 Å². The van der Waals surface area contributed by atoms with Crippen LogP contribution in [0.15, 0.2) is 77.7 Å². The molecule has 0 aromatic heterocycles. The van der Waals surface area contributed by atoms with Crippen LogP contribution in [0.1, 0.15) is 44.6 Å². The van der Waals surface area contributed by atoms with E-state index in [0.29, 0.717) is 32.7 Å². The molecule has 4 rings (SSSR count). The number of carbonyl (C=O) groups excluding carboxylic acids is 2. The highest BCUT2D eigenvalue weighted by Gasteiger charge is 2.34. The normalized spacial score (nSPS) is 14.4. The largest absolute Gasteiger partial charge is 0.352 e. The molecule has 1 aliphatic rings. The standard InChI is InChI=1S/C30H32Cl3N3O4S/c1-2-28(30(38)34-23-8-6-7-9-23)35(19-21-12-17-26(32)27(33)18-21)29(37)20-36(24-10-4-3-5-11-24)41(39,40)25-15-13-22(31)14-16-25/h3-5,10-18,23,28H,2,6-9,19-20H2,1H3,(H,34,38)/t28-/m1/s1. The van der Waals surface area contributed by atoms with E-state index < -0.39 is 28.5 Å². The Kier molecular flexibility index (Phi) is 10.6. The lowest BCUT2D eigenvalue weighted by Crippen LogP contribution is -2.53. The van der Waals surface area contributed by atoms with E-state index >= 15 is 0 Å². The molecular formula is C30H32Cl3N3O4S. The number of nitrogens with one attached hydrogen (secondary N) is 1. The minimum atomic E-state index is -4.17. The number of rotatable bonds is 11. The molecule has 3 aromatic carbocycles. The molecule has 0 unspecified atom stereocenters. The molecule has 1 atom stereocenters. The van der Waals surface area contributed by atoms with Gasteiger partial charge in [0, 0.05) is 17.6 Å². The first-order valence-corrected chi connectivity index (χ1v) is 16.0. The summed E-state index contributed by atoms with van der Waals surface area (Å²) in [6.45, 7) is 1.34. The second-order valence-corrected chi connectivity index (χ2v) is 13.1. The van der Waals surface area contributed by atoms with Gasteiger partial charge < -0.3 is 10.2 Å². The van der Waals surface area contributed by atoms with Crippen LogP contribution in [0.4, 0.5) is 5.69 Å². The topological polar surface area (TPSA) is 86.8 Å². The first-order chi connectivity index (χ1) is 19.6. The van der Waals surface area contributed by atoms with Crippen LogP contribution < -0.4 is 9.62 Å². The fraction of sp³-hybridized carbons (Fsp3) is 0.333. The van der Waals surface area contributed by atoms with E-state index in [9.17, 15) is 18.0 Å². The van der Waals surface area contributed by atoms with E-state index in [-0.39, 0.29) is 23.4 Å². The number of hydrogen-bond donors (Lipinski definition) is 1. The van der Waals surface area contributed by atoms with E-state index in [1.807, 2.05) is 6.92 Å². The quantitative estimate of drug-likeness (QED) is 0.254. The number of carbonyl (C=O) groups is 2. The Hall–Kier alpha value is -2.78. The summed E-state index contributed by atoms with van der Waals surface area (Å²) in [6, 6.07) is 18.4. The first-order valence-electron chi connectivity index (χ1n) is 13.5. The average Bonchev–Trinajstić information content (AvgIpc) is 3.47. The zero-order chi connectivity index (χ0) is 29.6. The second-order valence-electron chi connectivity index (χ2n) is 9.99. The Morgan fingerprint density at radius 1 is 0.927 bits per heavy atom. The van der Waals surface area contributed by atoms with Gasteiger partial charge in [-0.2, -0.15) is 0 Å². The van der Waals surface area contributed by atoms with Crippen LogP contribution in [0, 0.1) is 0 Å². The highest BCUT2D eigenvalue weighted by atomic mass is 35.5. The van der Waals surface area contributed by atoms with Crippen molar-refractivity contribution in [3.05, 3.63) is 93.4 Å². The molecule has 1 fully saturated rings. The molecule has 218 valence electrons. The van der Waals surface area contributed by atoms with Crippen molar-refractivity contribution in [2.45, 2.75) is 62.6 Å². The third kappa shape index (κ3) is 7.74. The lowest BCUT2D eigenvalue weighted by molar-refractivity contribution is -0.140. The van der Waals surface area contributed by atoms with Crippen molar-refractivity contribution < 1.29 is 18.0 Å². The van der Waals surface area contributed by atoms with Gasteiger partial charge in [0.25, 0.3) is 10.0 Å². The van der Waals surface area contributed by atoms with Crippen molar-refractivity contribution >= 4 is 62.3 Å². The maximum Gasteiger partial charge on any atom is 0.264 e. The summed E-state index contributed by atoms with van der Waals surface area (Å²) in [4.78, 5) is 29.0. The number of amides is 2. The Labute approximate surface area is 256 Å². The monoisotopic (exact) mass is 635 g/mol. The first kappa shape index (κ1) is 31.2. The van der Waals surface area contributed by atoms with Crippen LogP contribution in [0.2, 0.25) is 15.1 Å². The number of anilines is 1. The zero-order valence-electron chi connectivity index (χ0n) is 22.6. The summed E-state index contributed by atoms with van der Waals surface area (Å²) < 4.78 is 28.8. The van der Waals surface area contributed by atoms with Gasteiger partial charge in [-0.05, 0) is 73.4 Å². The summed E-state index contributed by atoms with van der Waals surface area (Å²) in [5.74, 6) is -0.800. The number of hydrogen-bond acceptors (Lipinski definition) is 4. The molecule has 7 nitrogen and oxygen atoms in total. The lowest BCUT2D eigenvalue weighted by Gasteiger charge is -2.33. The molecule has 0 saturated heterocycles. The molecule has 1 aliphatic carbocycles. The van der Waals surface area contributed by atoms with Gasteiger partial charge in [0.1, 0.15) is 12.6 Å². The van der Waals surface area contributed by atoms with Crippen LogP contribution >= 0.6 is 34.8 Å². The molecule has 0 spiro atoms. The van der Waals surface area contributed by atoms with Crippen molar-refractivity contribution in [2.75, 3.05) is 10.8 Å². The van der Waals surface area contributed by atoms with Crippen LogP contribution in [0.3, 0.4) is 0 Å². The fourth-order valence-corrected chi connectivity index (χ4v) is 6.84. The Morgan fingerprint density at radius 3 is 2.20 bits per heavy atom. The maximum absolute atomic E-state index is 14.1. The van der Waals surface area contributed by atoms with Gasteiger partial charge in [-0.25, -0.2) is 8.42 Å². The van der Waals surface area contributed by atoms with Gasteiger partial charge in [0.15, 0.2) is 0 Å². The molecule has 41 heavy (non-hydrogen) atoms. The SMILES string of the molecule is CC[C@H](C(=O)NC1CCCC1)N(Cc1ccc(Cl)c(Cl)c1)C(=O)CN(c1ccccc1)S(=O)(=O)c1ccc(Cl)cc1. The molecule has 0 radical (unpaired) electrons. The van der Waals surface area contributed by atoms with Gasteiger partial charge >= 0.3 is 0 Å². The molecule has 11 heteroatoms. The minimum absolute atomic E-state index is 0.0133. The van der Waals surface area contributed by atoms with Crippen LogP contribution in [-0.2, 0) is 26.2 Å². The van der Waals surface area contributed by atoms with Crippen molar-refractivity contribution in [3.8, 4) is 0 Å². The van der Waals surface area contributed by atoms with E-state index in [1.165, 1.54) is 29.2 Å². The third-order valence-corrected chi connectivity index (χ3v) is 9.93. The zero-order valence-corrected chi connectivity index (χ0v) is 25.7. The average molecular weight is 637 g/mol. The van der Waals surface area contributed by atoms with Gasteiger partial charge in [0.2, 0.25) is 11.8 Å². The van der Waals surface area contributed by atoms with Gasteiger partial charge in [-0.15, -0.1) is 0 Å². The summed E-state index contributed by atoms with van der Waals surface area (Å²) in [5.41, 5.74) is 0.973. The van der Waals surface area contributed by atoms with Gasteiger partial charge in [0.05, 0.1) is 20.6 Å². The molecule has 0 aliphatic heterocycles.